The first kappa shape index (κ1) is 13.3. The summed E-state index contributed by atoms with van der Waals surface area (Å²) in [7, 11) is 0. The van der Waals surface area contributed by atoms with Gasteiger partial charge in [-0.25, -0.2) is 4.39 Å². The van der Waals surface area contributed by atoms with Gasteiger partial charge in [0.05, 0.1) is 11.6 Å². The summed E-state index contributed by atoms with van der Waals surface area (Å²) in [6.45, 7) is 0. The van der Waals surface area contributed by atoms with Crippen LogP contribution in [0.3, 0.4) is 0 Å². The number of rotatable bonds is 2. The summed E-state index contributed by atoms with van der Waals surface area (Å²) >= 11 is 3.28. The lowest BCUT2D eigenvalue weighted by molar-refractivity contribution is 0.0935. The zero-order chi connectivity index (χ0) is 14.1. The maximum Gasteiger partial charge on any atom is 0.253 e. The molecule has 0 saturated heterocycles. The predicted octanol–water partition coefficient (Wildman–Crippen LogP) is 4.01. The average Bonchev–Trinajstić information content (AvgIpc) is 2.85. The van der Waals surface area contributed by atoms with E-state index < -0.39 is 5.82 Å². The van der Waals surface area contributed by atoms with Gasteiger partial charge in [0.1, 0.15) is 5.82 Å². The van der Waals surface area contributed by atoms with Crippen molar-refractivity contribution in [2.45, 2.75) is 18.9 Å². The summed E-state index contributed by atoms with van der Waals surface area (Å²) in [5.41, 5.74) is 2.76. The minimum Gasteiger partial charge on any atom is -0.345 e. The molecule has 0 radical (unpaired) electrons. The summed E-state index contributed by atoms with van der Waals surface area (Å²) in [5.74, 6) is -0.664. The topological polar surface area (TPSA) is 29.1 Å². The van der Waals surface area contributed by atoms with E-state index in [-0.39, 0.29) is 11.9 Å². The van der Waals surface area contributed by atoms with Crippen molar-refractivity contribution in [3.05, 3.63) is 69.4 Å². The minimum absolute atomic E-state index is 0.00821. The van der Waals surface area contributed by atoms with Crippen LogP contribution in [0.25, 0.3) is 0 Å². The van der Waals surface area contributed by atoms with Gasteiger partial charge in [0, 0.05) is 4.47 Å². The predicted molar refractivity (Wildman–Crippen MR) is 79.1 cm³/mol. The molecule has 2 aromatic carbocycles. The fourth-order valence-electron chi connectivity index (χ4n) is 2.61. The van der Waals surface area contributed by atoms with Crippen molar-refractivity contribution in [1.82, 2.24) is 5.32 Å². The van der Waals surface area contributed by atoms with Crippen molar-refractivity contribution >= 4 is 21.8 Å². The van der Waals surface area contributed by atoms with Crippen LogP contribution in [-0.2, 0) is 6.42 Å². The number of carbonyl (C=O) groups excluding carboxylic acids is 1. The molecule has 0 bridgehead atoms. The molecule has 20 heavy (non-hydrogen) atoms. The van der Waals surface area contributed by atoms with Crippen molar-refractivity contribution < 1.29 is 9.18 Å². The van der Waals surface area contributed by atoms with Crippen molar-refractivity contribution in [3.63, 3.8) is 0 Å². The second kappa shape index (κ2) is 5.37. The second-order valence-corrected chi connectivity index (χ2v) is 5.74. The number of amides is 1. The third-order valence-electron chi connectivity index (χ3n) is 3.61. The van der Waals surface area contributed by atoms with Gasteiger partial charge in [-0.2, -0.15) is 0 Å². The number of fused-ring (bicyclic) bond motifs is 1. The Labute approximate surface area is 125 Å². The quantitative estimate of drug-likeness (QED) is 0.884. The molecule has 0 fully saturated rings. The van der Waals surface area contributed by atoms with Crippen molar-refractivity contribution in [2.24, 2.45) is 0 Å². The Bertz CT molecular complexity index is 671. The lowest BCUT2D eigenvalue weighted by atomic mass is 10.1. The molecule has 3 rings (SSSR count). The fourth-order valence-corrected chi connectivity index (χ4v) is 3.04. The minimum atomic E-state index is -0.412. The van der Waals surface area contributed by atoms with Crippen LogP contribution in [-0.4, -0.2) is 5.91 Å². The largest absolute Gasteiger partial charge is 0.345 e. The molecule has 1 amide bonds. The van der Waals surface area contributed by atoms with Crippen molar-refractivity contribution in [2.75, 3.05) is 0 Å². The summed E-state index contributed by atoms with van der Waals surface area (Å²) in [5, 5.41) is 2.98. The molecule has 0 heterocycles. The smallest absolute Gasteiger partial charge is 0.253 e. The number of aryl methyl sites for hydroxylation is 1. The first-order valence-electron chi connectivity index (χ1n) is 6.49. The Morgan fingerprint density at radius 3 is 2.90 bits per heavy atom. The van der Waals surface area contributed by atoms with E-state index in [0.29, 0.717) is 10.0 Å². The highest BCUT2D eigenvalue weighted by atomic mass is 79.9. The number of hydrogen-bond acceptors (Lipinski definition) is 1. The molecular formula is C16H13BrFNO. The SMILES string of the molecule is O=C(NC1CCc2ccccc21)c1cc(F)ccc1Br. The Morgan fingerprint density at radius 1 is 1.25 bits per heavy atom. The molecule has 0 aromatic heterocycles. The molecule has 2 aromatic rings. The molecule has 2 nitrogen and oxygen atoms in total. The summed E-state index contributed by atoms with van der Waals surface area (Å²) in [4.78, 5) is 12.3. The van der Waals surface area contributed by atoms with E-state index >= 15 is 0 Å². The molecule has 102 valence electrons. The summed E-state index contributed by atoms with van der Waals surface area (Å²) in [6, 6.07) is 12.2. The highest BCUT2D eigenvalue weighted by molar-refractivity contribution is 9.10. The van der Waals surface area contributed by atoms with E-state index in [1.807, 2.05) is 18.2 Å². The monoisotopic (exact) mass is 333 g/mol. The van der Waals surface area contributed by atoms with Crippen LogP contribution in [0, 0.1) is 5.82 Å². The number of halogens is 2. The maximum absolute atomic E-state index is 13.3. The number of hydrogen-bond donors (Lipinski definition) is 1. The zero-order valence-electron chi connectivity index (χ0n) is 10.7. The number of nitrogens with one attached hydrogen (secondary N) is 1. The van der Waals surface area contributed by atoms with E-state index in [1.54, 1.807) is 6.07 Å². The highest BCUT2D eigenvalue weighted by Gasteiger charge is 2.24. The van der Waals surface area contributed by atoms with Gasteiger partial charge < -0.3 is 5.32 Å². The molecule has 0 aliphatic heterocycles. The van der Waals surface area contributed by atoms with Gasteiger partial charge in [-0.3, -0.25) is 4.79 Å². The number of benzene rings is 2. The maximum atomic E-state index is 13.3. The molecule has 1 aliphatic rings. The van der Waals surface area contributed by atoms with Crippen molar-refractivity contribution in [1.29, 1.82) is 0 Å². The zero-order valence-corrected chi connectivity index (χ0v) is 12.3. The first-order valence-corrected chi connectivity index (χ1v) is 7.28. The lowest BCUT2D eigenvalue weighted by Crippen LogP contribution is -2.27. The molecule has 1 unspecified atom stereocenters. The van der Waals surface area contributed by atoms with E-state index in [9.17, 15) is 9.18 Å². The van der Waals surface area contributed by atoms with Crippen LogP contribution >= 0.6 is 15.9 Å². The molecule has 1 aliphatic carbocycles. The van der Waals surface area contributed by atoms with Crippen LogP contribution in [0.1, 0.15) is 33.9 Å². The van der Waals surface area contributed by atoms with E-state index in [1.165, 1.54) is 17.7 Å². The standard InChI is InChI=1S/C16H13BrFNO/c17-14-7-6-11(18)9-13(14)16(20)19-15-8-5-10-3-1-2-4-12(10)15/h1-4,6-7,9,15H,5,8H2,(H,19,20). The third kappa shape index (κ3) is 2.48. The molecule has 0 saturated carbocycles. The van der Waals surface area contributed by atoms with E-state index in [0.717, 1.165) is 18.4 Å². The van der Waals surface area contributed by atoms with Gasteiger partial charge in [-0.15, -0.1) is 0 Å². The van der Waals surface area contributed by atoms with Gasteiger partial charge in [-0.05, 0) is 58.1 Å². The summed E-state index contributed by atoms with van der Waals surface area (Å²) in [6.07, 6.45) is 1.85. The van der Waals surface area contributed by atoms with Crippen molar-refractivity contribution in [3.8, 4) is 0 Å². The molecule has 1 atom stereocenters. The van der Waals surface area contributed by atoms with Crippen LogP contribution in [0.15, 0.2) is 46.9 Å². The molecule has 4 heteroatoms. The van der Waals surface area contributed by atoms with Gasteiger partial charge in [0.2, 0.25) is 0 Å². The third-order valence-corrected chi connectivity index (χ3v) is 4.30. The van der Waals surface area contributed by atoms with Gasteiger partial charge >= 0.3 is 0 Å². The Balaban J connectivity index is 1.82. The molecule has 1 N–H and O–H groups in total. The Morgan fingerprint density at radius 2 is 2.05 bits per heavy atom. The van der Waals surface area contributed by atoms with Gasteiger partial charge in [-0.1, -0.05) is 24.3 Å². The van der Waals surface area contributed by atoms with E-state index in [4.69, 9.17) is 0 Å². The molecule has 0 spiro atoms. The number of carbonyl (C=O) groups is 1. The van der Waals surface area contributed by atoms with E-state index in [2.05, 4.69) is 27.3 Å². The summed E-state index contributed by atoms with van der Waals surface area (Å²) < 4.78 is 13.9. The normalized spacial score (nSPS) is 16.8. The molecular weight excluding hydrogens is 321 g/mol. The van der Waals surface area contributed by atoms with Gasteiger partial charge in [0.25, 0.3) is 5.91 Å². The highest BCUT2D eigenvalue weighted by Crippen LogP contribution is 2.31. The first-order chi connectivity index (χ1) is 9.65. The van der Waals surface area contributed by atoms with Crippen LogP contribution < -0.4 is 5.32 Å². The van der Waals surface area contributed by atoms with Crippen LogP contribution in [0.2, 0.25) is 0 Å². The fraction of sp³-hybridized carbons (Fsp3) is 0.188. The van der Waals surface area contributed by atoms with Gasteiger partial charge in [0.15, 0.2) is 0 Å². The average molecular weight is 334 g/mol. The van der Waals surface area contributed by atoms with Crippen LogP contribution in [0.5, 0.6) is 0 Å². The lowest BCUT2D eigenvalue weighted by Gasteiger charge is -2.15. The van der Waals surface area contributed by atoms with Crippen LogP contribution in [0.4, 0.5) is 4.39 Å². The Hall–Kier alpha value is -1.68. The Kier molecular flexibility index (Phi) is 3.57. The second-order valence-electron chi connectivity index (χ2n) is 4.89.